The van der Waals surface area contributed by atoms with Crippen LogP contribution in [-0.2, 0) is 28.6 Å². The van der Waals surface area contributed by atoms with E-state index in [0.29, 0.717) is 19.3 Å². The topological polar surface area (TPSA) is 78.9 Å². The van der Waals surface area contributed by atoms with Crippen LogP contribution in [0.15, 0.2) is 24.3 Å². The number of hydrogen-bond donors (Lipinski definition) is 0. The minimum Gasteiger partial charge on any atom is -0.462 e. The first-order valence-corrected chi connectivity index (χ1v) is 30.9. The molecule has 0 heterocycles. The molecule has 0 saturated carbocycles. The maximum absolute atomic E-state index is 12.9. The van der Waals surface area contributed by atoms with E-state index >= 15 is 0 Å². The van der Waals surface area contributed by atoms with Crippen LogP contribution < -0.4 is 0 Å². The molecule has 6 heteroatoms. The van der Waals surface area contributed by atoms with Gasteiger partial charge < -0.3 is 14.2 Å². The minimum absolute atomic E-state index is 0.0702. The second-order valence-electron chi connectivity index (χ2n) is 21.0. The van der Waals surface area contributed by atoms with Gasteiger partial charge in [0.2, 0.25) is 0 Å². The van der Waals surface area contributed by atoms with Gasteiger partial charge in [-0.15, -0.1) is 0 Å². The van der Waals surface area contributed by atoms with Gasteiger partial charge in [0.1, 0.15) is 13.2 Å². The van der Waals surface area contributed by atoms with Crippen LogP contribution in [0.4, 0.5) is 0 Å². The van der Waals surface area contributed by atoms with Crippen molar-refractivity contribution < 1.29 is 28.6 Å². The third kappa shape index (κ3) is 56.7. The Morgan fingerprint density at radius 2 is 0.507 bits per heavy atom. The zero-order valence-corrected chi connectivity index (χ0v) is 46.6. The molecule has 0 bridgehead atoms. The third-order valence-corrected chi connectivity index (χ3v) is 14.0. The Hall–Kier alpha value is -2.11. The van der Waals surface area contributed by atoms with E-state index in [4.69, 9.17) is 14.2 Å². The van der Waals surface area contributed by atoms with Crippen LogP contribution in [0.5, 0.6) is 0 Å². The molecule has 6 nitrogen and oxygen atoms in total. The predicted molar refractivity (Wildman–Crippen MR) is 298 cm³/mol. The molecule has 0 fully saturated rings. The van der Waals surface area contributed by atoms with Gasteiger partial charge in [0.25, 0.3) is 0 Å². The SMILES string of the molecule is CCCCCCCCC/C=C\C=C/CCCCCCCC(=O)OCC(COC(=O)CCCCCCCCCCCCCCCCCC)OC(=O)CCCCCCCCCCCCCCCCCCC. The van der Waals surface area contributed by atoms with E-state index in [-0.39, 0.29) is 31.1 Å². The van der Waals surface area contributed by atoms with Gasteiger partial charge in [0.15, 0.2) is 6.10 Å². The van der Waals surface area contributed by atoms with Crippen LogP contribution in [-0.4, -0.2) is 37.2 Å². The summed E-state index contributed by atoms with van der Waals surface area (Å²) in [5.74, 6) is -0.859. The van der Waals surface area contributed by atoms with Gasteiger partial charge in [-0.05, 0) is 44.9 Å². The average molecular weight is 972 g/mol. The summed E-state index contributed by atoms with van der Waals surface area (Å²) < 4.78 is 16.9. The largest absolute Gasteiger partial charge is 0.462 e. The van der Waals surface area contributed by atoms with Crippen LogP contribution >= 0.6 is 0 Å². The molecular weight excluding hydrogens is 853 g/mol. The lowest BCUT2D eigenvalue weighted by Crippen LogP contribution is -2.30. The molecule has 0 aromatic rings. The second-order valence-corrected chi connectivity index (χ2v) is 21.0. The number of esters is 3. The van der Waals surface area contributed by atoms with E-state index < -0.39 is 6.10 Å². The van der Waals surface area contributed by atoms with Gasteiger partial charge in [-0.3, -0.25) is 14.4 Å². The lowest BCUT2D eigenvalue weighted by Gasteiger charge is -2.18. The highest BCUT2D eigenvalue weighted by Crippen LogP contribution is 2.17. The summed E-state index contributed by atoms with van der Waals surface area (Å²) in [5, 5.41) is 0. The van der Waals surface area contributed by atoms with Gasteiger partial charge in [-0.1, -0.05) is 302 Å². The number of ether oxygens (including phenoxy) is 3. The summed E-state index contributed by atoms with van der Waals surface area (Å²) >= 11 is 0. The van der Waals surface area contributed by atoms with E-state index in [1.54, 1.807) is 0 Å². The average Bonchev–Trinajstić information content (AvgIpc) is 3.35. The molecule has 0 N–H and O–H groups in total. The molecule has 0 aliphatic heterocycles. The number of hydrogen-bond acceptors (Lipinski definition) is 6. The maximum Gasteiger partial charge on any atom is 0.306 e. The van der Waals surface area contributed by atoms with Crippen LogP contribution in [0.1, 0.15) is 342 Å². The summed E-state index contributed by atoms with van der Waals surface area (Å²) in [5.41, 5.74) is 0. The zero-order chi connectivity index (χ0) is 50.0. The zero-order valence-electron chi connectivity index (χ0n) is 46.6. The molecule has 1 atom stereocenters. The lowest BCUT2D eigenvalue weighted by molar-refractivity contribution is -0.167. The molecule has 0 rings (SSSR count). The fraction of sp³-hybridized carbons (Fsp3) is 0.889. The molecule has 69 heavy (non-hydrogen) atoms. The fourth-order valence-corrected chi connectivity index (χ4v) is 9.32. The standard InChI is InChI=1S/C63H118O6/c1-4-7-10-13-16-19-22-25-28-31-33-35-38-41-44-47-50-53-56-62(65)68-59-60(58-67-61(64)55-52-49-46-43-40-37-34-30-27-24-21-18-15-12-9-6-3)69-63(66)57-54-51-48-45-42-39-36-32-29-26-23-20-17-14-11-8-5-2/h28,31,33,35,60H,4-27,29-30,32,34,36-59H2,1-3H3/b31-28-,35-33-. The number of carbonyl (C=O) groups is 3. The predicted octanol–water partition coefficient (Wildman–Crippen LogP) is 20.7. The van der Waals surface area contributed by atoms with Gasteiger partial charge in [-0.2, -0.15) is 0 Å². The van der Waals surface area contributed by atoms with Crippen molar-refractivity contribution in [1.29, 1.82) is 0 Å². The van der Waals surface area contributed by atoms with Crippen LogP contribution in [0, 0.1) is 0 Å². The molecule has 0 aromatic heterocycles. The summed E-state index contributed by atoms with van der Waals surface area (Å²) in [4.78, 5) is 38.2. The molecule has 0 amide bonds. The monoisotopic (exact) mass is 971 g/mol. The molecule has 1 unspecified atom stereocenters. The van der Waals surface area contributed by atoms with Crippen LogP contribution in [0.25, 0.3) is 0 Å². The molecule has 0 saturated heterocycles. The molecule has 0 radical (unpaired) electrons. The van der Waals surface area contributed by atoms with Crippen molar-refractivity contribution >= 4 is 17.9 Å². The minimum atomic E-state index is -0.773. The highest BCUT2D eigenvalue weighted by Gasteiger charge is 2.19. The number of rotatable bonds is 57. The van der Waals surface area contributed by atoms with Crippen molar-refractivity contribution in [2.24, 2.45) is 0 Å². The Kier molecular flexibility index (Phi) is 56.7. The van der Waals surface area contributed by atoms with Crippen LogP contribution in [0.3, 0.4) is 0 Å². The third-order valence-electron chi connectivity index (χ3n) is 14.0. The highest BCUT2D eigenvalue weighted by molar-refractivity contribution is 5.71. The normalized spacial score (nSPS) is 12.1. The Morgan fingerprint density at radius 3 is 0.768 bits per heavy atom. The highest BCUT2D eigenvalue weighted by atomic mass is 16.6. The van der Waals surface area contributed by atoms with E-state index in [2.05, 4.69) is 45.1 Å². The van der Waals surface area contributed by atoms with Crippen molar-refractivity contribution in [2.75, 3.05) is 13.2 Å². The number of allylic oxidation sites excluding steroid dienone is 4. The Bertz CT molecular complexity index is 1110. The summed E-state index contributed by atoms with van der Waals surface area (Å²) in [6.07, 6.45) is 68.8. The molecule has 0 aromatic carbocycles. The first kappa shape index (κ1) is 66.9. The Labute approximate surface area is 430 Å². The van der Waals surface area contributed by atoms with Crippen LogP contribution in [0.2, 0.25) is 0 Å². The molecule has 0 spiro atoms. The van der Waals surface area contributed by atoms with Crippen molar-refractivity contribution in [1.82, 2.24) is 0 Å². The summed E-state index contributed by atoms with van der Waals surface area (Å²) in [7, 11) is 0. The van der Waals surface area contributed by atoms with E-state index in [9.17, 15) is 14.4 Å². The summed E-state index contributed by atoms with van der Waals surface area (Å²) in [6.45, 7) is 6.69. The van der Waals surface area contributed by atoms with Crippen molar-refractivity contribution in [2.45, 2.75) is 348 Å². The Morgan fingerprint density at radius 1 is 0.290 bits per heavy atom. The van der Waals surface area contributed by atoms with Gasteiger partial charge >= 0.3 is 17.9 Å². The smallest absolute Gasteiger partial charge is 0.306 e. The van der Waals surface area contributed by atoms with Gasteiger partial charge in [0, 0.05) is 19.3 Å². The molecule has 0 aliphatic carbocycles. The summed E-state index contributed by atoms with van der Waals surface area (Å²) in [6, 6.07) is 0. The van der Waals surface area contributed by atoms with E-state index in [0.717, 1.165) is 77.0 Å². The van der Waals surface area contributed by atoms with Gasteiger partial charge in [-0.25, -0.2) is 0 Å². The fourth-order valence-electron chi connectivity index (χ4n) is 9.32. The van der Waals surface area contributed by atoms with E-state index in [1.807, 2.05) is 0 Å². The molecule has 406 valence electrons. The maximum atomic E-state index is 12.9. The van der Waals surface area contributed by atoms with Crippen molar-refractivity contribution in [3.05, 3.63) is 24.3 Å². The Balaban J connectivity index is 4.34. The van der Waals surface area contributed by atoms with Crippen molar-refractivity contribution in [3.8, 4) is 0 Å². The first-order valence-electron chi connectivity index (χ1n) is 30.9. The number of unbranched alkanes of at least 4 members (excludes halogenated alkanes) is 43. The quantitative estimate of drug-likeness (QED) is 0.0261. The first-order chi connectivity index (χ1) is 34.0. The second kappa shape index (κ2) is 58.5. The molecular formula is C63H118O6. The lowest BCUT2D eigenvalue weighted by atomic mass is 10.0. The molecule has 0 aliphatic rings. The van der Waals surface area contributed by atoms with E-state index in [1.165, 1.54) is 225 Å². The van der Waals surface area contributed by atoms with Crippen molar-refractivity contribution in [3.63, 3.8) is 0 Å². The number of carbonyl (C=O) groups excluding carboxylic acids is 3. The van der Waals surface area contributed by atoms with Gasteiger partial charge in [0.05, 0.1) is 0 Å².